The SMILES string of the molecule is O=S(=O)(OCc1cc[n+](CCS)cc1)C(F)(F)F. The standard InChI is InChI=1S/C9H10F3NO3S2/c10-9(11,12)18(14,15)16-7-8-1-3-13(4-2-8)5-6-17/h1-4H,5-7H2/p+1. The summed E-state index contributed by atoms with van der Waals surface area (Å²) >= 11 is 4.02. The van der Waals surface area contributed by atoms with Crippen molar-refractivity contribution >= 4 is 22.7 Å². The van der Waals surface area contributed by atoms with E-state index in [0.717, 1.165) is 0 Å². The highest BCUT2D eigenvalue weighted by Gasteiger charge is 2.47. The lowest BCUT2D eigenvalue weighted by atomic mass is 10.3. The molecule has 0 aliphatic rings. The molecule has 1 aromatic rings. The van der Waals surface area contributed by atoms with Crippen LogP contribution in [0.3, 0.4) is 0 Å². The van der Waals surface area contributed by atoms with E-state index >= 15 is 0 Å². The highest BCUT2D eigenvalue weighted by molar-refractivity contribution is 7.87. The molecule has 0 aromatic carbocycles. The van der Waals surface area contributed by atoms with Crippen LogP contribution in [-0.2, 0) is 27.5 Å². The molecule has 0 unspecified atom stereocenters. The second kappa shape index (κ2) is 5.89. The third kappa shape index (κ3) is 4.14. The van der Waals surface area contributed by atoms with Crippen LogP contribution < -0.4 is 4.57 Å². The molecule has 0 spiro atoms. The normalized spacial score (nSPS) is 12.7. The first-order chi connectivity index (χ1) is 8.26. The van der Waals surface area contributed by atoms with E-state index in [4.69, 9.17) is 0 Å². The van der Waals surface area contributed by atoms with Gasteiger partial charge in [0.25, 0.3) is 0 Å². The van der Waals surface area contributed by atoms with Gasteiger partial charge in [0.2, 0.25) is 0 Å². The van der Waals surface area contributed by atoms with E-state index < -0.39 is 22.2 Å². The van der Waals surface area contributed by atoms with Crippen LogP contribution >= 0.6 is 12.6 Å². The summed E-state index contributed by atoms with van der Waals surface area (Å²) in [4.78, 5) is 0. The third-order valence-electron chi connectivity index (χ3n) is 1.98. The highest BCUT2D eigenvalue weighted by atomic mass is 32.2. The van der Waals surface area contributed by atoms with Crippen molar-refractivity contribution in [2.45, 2.75) is 18.7 Å². The molecule has 4 nitrogen and oxygen atoms in total. The first kappa shape index (κ1) is 15.3. The van der Waals surface area contributed by atoms with Gasteiger partial charge in [-0.05, 0) is 5.56 Å². The molecular weight excluding hydrogens is 291 g/mol. The minimum atomic E-state index is -5.54. The number of aryl methyl sites for hydroxylation is 1. The minimum Gasteiger partial charge on any atom is -0.258 e. The lowest BCUT2D eigenvalue weighted by molar-refractivity contribution is -0.692. The summed E-state index contributed by atoms with van der Waals surface area (Å²) in [6.45, 7) is -0.00530. The highest BCUT2D eigenvalue weighted by Crippen LogP contribution is 2.25. The van der Waals surface area contributed by atoms with E-state index in [1.165, 1.54) is 12.1 Å². The van der Waals surface area contributed by atoms with Crippen molar-refractivity contribution in [1.29, 1.82) is 0 Å². The molecule has 1 aromatic heterocycles. The fourth-order valence-corrected chi connectivity index (χ4v) is 1.72. The second-order valence-electron chi connectivity index (χ2n) is 3.33. The van der Waals surface area contributed by atoms with Gasteiger partial charge in [-0.15, -0.1) is 0 Å². The van der Waals surface area contributed by atoms with Gasteiger partial charge in [0.15, 0.2) is 18.9 Å². The number of hydrogen-bond acceptors (Lipinski definition) is 4. The molecule has 0 aliphatic carbocycles. The summed E-state index contributed by atoms with van der Waals surface area (Å²) in [5.41, 5.74) is -5.06. The van der Waals surface area contributed by atoms with Crippen molar-refractivity contribution in [1.82, 2.24) is 0 Å². The Hall–Kier alpha value is -0.800. The number of pyridine rings is 1. The summed E-state index contributed by atoms with van der Waals surface area (Å²) in [7, 11) is -5.54. The maximum absolute atomic E-state index is 12.0. The van der Waals surface area contributed by atoms with Gasteiger partial charge in [-0.3, -0.25) is 4.18 Å². The van der Waals surface area contributed by atoms with Gasteiger partial charge < -0.3 is 0 Å². The molecule has 0 radical (unpaired) electrons. The Labute approximate surface area is 108 Å². The first-order valence-corrected chi connectivity index (χ1v) is 6.85. The number of hydrogen-bond donors (Lipinski definition) is 1. The van der Waals surface area contributed by atoms with Gasteiger partial charge >= 0.3 is 15.6 Å². The molecule has 0 N–H and O–H groups in total. The van der Waals surface area contributed by atoms with Crippen molar-refractivity contribution in [3.63, 3.8) is 0 Å². The molecule has 0 saturated carbocycles. The lowest BCUT2D eigenvalue weighted by Gasteiger charge is -2.07. The van der Waals surface area contributed by atoms with Gasteiger partial charge in [-0.1, -0.05) is 0 Å². The van der Waals surface area contributed by atoms with E-state index in [2.05, 4.69) is 16.8 Å². The molecule has 0 saturated heterocycles. The maximum atomic E-state index is 12.0. The first-order valence-electron chi connectivity index (χ1n) is 4.81. The fourth-order valence-electron chi connectivity index (χ4n) is 1.06. The van der Waals surface area contributed by atoms with Crippen LogP contribution in [0.1, 0.15) is 5.56 Å². The van der Waals surface area contributed by atoms with Crippen LogP contribution in [0.15, 0.2) is 24.5 Å². The number of thiol groups is 1. The Balaban J connectivity index is 2.65. The molecule has 0 fully saturated rings. The average Bonchev–Trinajstić information content (AvgIpc) is 2.27. The molecule has 1 rings (SSSR count). The second-order valence-corrected chi connectivity index (χ2v) is 5.38. The minimum absolute atomic E-state index is 0.332. The summed E-state index contributed by atoms with van der Waals surface area (Å²) in [5, 5.41) is 0. The Bertz CT molecular complexity index is 485. The largest absolute Gasteiger partial charge is 0.523 e. The number of nitrogens with zero attached hydrogens (tertiary/aromatic N) is 1. The van der Waals surface area contributed by atoms with Crippen LogP contribution in [0, 0.1) is 0 Å². The van der Waals surface area contributed by atoms with Crippen molar-refractivity contribution in [3.8, 4) is 0 Å². The number of rotatable bonds is 5. The molecule has 1 heterocycles. The van der Waals surface area contributed by atoms with Crippen LogP contribution in [0.5, 0.6) is 0 Å². The molecule has 102 valence electrons. The number of halogens is 3. The summed E-state index contributed by atoms with van der Waals surface area (Å²) < 4.78 is 62.9. The molecule has 18 heavy (non-hydrogen) atoms. The van der Waals surface area contributed by atoms with Crippen molar-refractivity contribution in [3.05, 3.63) is 30.1 Å². The van der Waals surface area contributed by atoms with E-state index in [0.29, 0.717) is 17.9 Å². The van der Waals surface area contributed by atoms with Gasteiger partial charge in [-0.2, -0.15) is 34.2 Å². The summed E-state index contributed by atoms with van der Waals surface area (Å²) in [6.07, 6.45) is 3.21. The molecule has 0 aliphatic heterocycles. The fraction of sp³-hybridized carbons (Fsp3) is 0.444. The molecule has 0 bridgehead atoms. The van der Waals surface area contributed by atoms with E-state index in [-0.39, 0.29) is 0 Å². The third-order valence-corrected chi connectivity index (χ3v) is 3.18. The molecule has 0 amide bonds. The van der Waals surface area contributed by atoms with Gasteiger partial charge in [-0.25, -0.2) is 4.57 Å². The quantitative estimate of drug-likeness (QED) is 0.386. The number of aromatic nitrogens is 1. The van der Waals surface area contributed by atoms with Crippen molar-refractivity contribution in [2.24, 2.45) is 0 Å². The van der Waals surface area contributed by atoms with E-state index in [1.807, 2.05) is 0 Å². The van der Waals surface area contributed by atoms with Crippen LogP contribution in [0.2, 0.25) is 0 Å². The predicted octanol–water partition coefficient (Wildman–Crippen LogP) is 1.27. The van der Waals surface area contributed by atoms with Crippen LogP contribution in [-0.4, -0.2) is 19.7 Å². The Morgan fingerprint density at radius 1 is 1.28 bits per heavy atom. The van der Waals surface area contributed by atoms with Crippen molar-refractivity contribution < 1.29 is 30.3 Å². The Morgan fingerprint density at radius 3 is 2.28 bits per heavy atom. The van der Waals surface area contributed by atoms with E-state index in [1.54, 1.807) is 17.0 Å². The maximum Gasteiger partial charge on any atom is 0.523 e. The average molecular weight is 302 g/mol. The zero-order valence-electron chi connectivity index (χ0n) is 9.09. The van der Waals surface area contributed by atoms with Crippen molar-refractivity contribution in [2.75, 3.05) is 5.75 Å². The summed E-state index contributed by atoms with van der Waals surface area (Å²) in [5.74, 6) is 0.614. The topological polar surface area (TPSA) is 47.3 Å². The smallest absolute Gasteiger partial charge is 0.258 e. The van der Waals surface area contributed by atoms with Gasteiger partial charge in [0, 0.05) is 17.9 Å². The molecular formula is C9H11F3NO3S2+. The Morgan fingerprint density at radius 2 is 1.83 bits per heavy atom. The predicted molar refractivity (Wildman–Crippen MR) is 60.3 cm³/mol. The monoisotopic (exact) mass is 302 g/mol. The molecule has 0 atom stereocenters. The number of alkyl halides is 3. The zero-order valence-corrected chi connectivity index (χ0v) is 10.8. The van der Waals surface area contributed by atoms with Crippen LogP contribution in [0.25, 0.3) is 0 Å². The van der Waals surface area contributed by atoms with Gasteiger partial charge in [0.05, 0.1) is 6.61 Å². The Kier molecular flexibility index (Phi) is 5.00. The molecule has 9 heteroatoms. The van der Waals surface area contributed by atoms with Crippen LogP contribution in [0.4, 0.5) is 13.2 Å². The van der Waals surface area contributed by atoms with E-state index in [9.17, 15) is 21.6 Å². The lowest BCUT2D eigenvalue weighted by Crippen LogP contribution is -2.33. The van der Waals surface area contributed by atoms with Gasteiger partial charge in [0.1, 0.15) is 0 Å². The zero-order chi connectivity index (χ0) is 13.8. The summed E-state index contributed by atoms with van der Waals surface area (Å²) in [6, 6.07) is 2.96.